The molecule has 0 heterocycles. The summed E-state index contributed by atoms with van der Waals surface area (Å²) < 4.78 is 5.01. The largest absolute Gasteiger partial charge is 0.480 e. The second-order valence-electron chi connectivity index (χ2n) is 5.18. The highest BCUT2D eigenvalue weighted by Gasteiger charge is 2.42. The van der Waals surface area contributed by atoms with Crippen molar-refractivity contribution < 1.29 is 19.4 Å². The minimum absolute atomic E-state index is 0.335. The molecule has 0 bridgehead atoms. The van der Waals surface area contributed by atoms with Gasteiger partial charge in [0.2, 0.25) is 0 Å². The standard InChI is InChI=1S/C15H19NO4/c1-20-10-11-4-6-12(7-5-11)13(17)16-15(14(18)19)8-2-3-9-15/h4-7H,2-3,8-10H2,1H3,(H,16,17)(H,18,19). The summed E-state index contributed by atoms with van der Waals surface area (Å²) in [4.78, 5) is 23.6. The highest BCUT2D eigenvalue weighted by Crippen LogP contribution is 2.30. The average Bonchev–Trinajstić information content (AvgIpc) is 2.90. The summed E-state index contributed by atoms with van der Waals surface area (Å²) in [5.41, 5.74) is 0.345. The van der Waals surface area contributed by atoms with Gasteiger partial charge >= 0.3 is 5.97 Å². The van der Waals surface area contributed by atoms with Crippen molar-refractivity contribution >= 4 is 11.9 Å². The van der Waals surface area contributed by atoms with Gasteiger partial charge in [0.05, 0.1) is 6.61 Å². The van der Waals surface area contributed by atoms with Crippen molar-refractivity contribution in [1.29, 1.82) is 0 Å². The molecule has 1 saturated carbocycles. The number of carboxylic acids is 1. The van der Waals surface area contributed by atoms with Crippen LogP contribution >= 0.6 is 0 Å². The van der Waals surface area contributed by atoms with E-state index < -0.39 is 11.5 Å². The van der Waals surface area contributed by atoms with Crippen molar-refractivity contribution in [3.8, 4) is 0 Å². The van der Waals surface area contributed by atoms with E-state index in [1.54, 1.807) is 31.4 Å². The molecule has 2 rings (SSSR count). The van der Waals surface area contributed by atoms with Gasteiger partial charge in [0.25, 0.3) is 5.91 Å². The number of nitrogens with one attached hydrogen (secondary N) is 1. The number of methoxy groups -OCH3 is 1. The smallest absolute Gasteiger partial charge is 0.329 e. The SMILES string of the molecule is COCc1ccc(C(=O)NC2(C(=O)O)CCCC2)cc1. The van der Waals surface area contributed by atoms with Gasteiger partial charge in [0.15, 0.2) is 0 Å². The number of ether oxygens (including phenoxy) is 1. The molecule has 2 N–H and O–H groups in total. The molecular weight excluding hydrogens is 258 g/mol. The quantitative estimate of drug-likeness (QED) is 0.862. The molecule has 1 aliphatic carbocycles. The molecule has 108 valence electrons. The molecule has 5 heteroatoms. The summed E-state index contributed by atoms with van der Waals surface area (Å²) in [6.45, 7) is 0.487. The first-order chi connectivity index (χ1) is 9.57. The molecule has 0 aliphatic heterocycles. The predicted octanol–water partition coefficient (Wildman–Crippen LogP) is 1.96. The van der Waals surface area contributed by atoms with Crippen LogP contribution in [-0.4, -0.2) is 29.6 Å². The lowest BCUT2D eigenvalue weighted by Crippen LogP contribution is -2.52. The van der Waals surface area contributed by atoms with E-state index in [2.05, 4.69) is 5.32 Å². The summed E-state index contributed by atoms with van der Waals surface area (Å²) in [7, 11) is 1.61. The van der Waals surface area contributed by atoms with Gasteiger partial charge in [0.1, 0.15) is 5.54 Å². The van der Waals surface area contributed by atoms with Crippen LogP contribution in [0.2, 0.25) is 0 Å². The molecule has 20 heavy (non-hydrogen) atoms. The number of carbonyl (C=O) groups excluding carboxylic acids is 1. The fourth-order valence-corrected chi connectivity index (χ4v) is 2.58. The monoisotopic (exact) mass is 277 g/mol. The third-order valence-electron chi connectivity index (χ3n) is 3.75. The first-order valence-electron chi connectivity index (χ1n) is 6.71. The highest BCUT2D eigenvalue weighted by atomic mass is 16.5. The number of carboxylic acid groups (broad SMARTS) is 1. The molecule has 1 aromatic carbocycles. The lowest BCUT2D eigenvalue weighted by atomic mass is 9.97. The number of carbonyl (C=O) groups is 2. The minimum atomic E-state index is -1.09. The fraction of sp³-hybridized carbons (Fsp3) is 0.467. The van der Waals surface area contributed by atoms with E-state index in [4.69, 9.17) is 4.74 Å². The van der Waals surface area contributed by atoms with Gasteiger partial charge in [-0.1, -0.05) is 25.0 Å². The number of rotatable bonds is 5. The molecule has 0 radical (unpaired) electrons. The Labute approximate surface area is 117 Å². The van der Waals surface area contributed by atoms with Gasteiger partial charge in [-0.3, -0.25) is 4.79 Å². The zero-order valence-electron chi connectivity index (χ0n) is 11.5. The molecule has 0 aromatic heterocycles. The molecule has 0 spiro atoms. The summed E-state index contributed by atoms with van der Waals surface area (Å²) in [6, 6.07) is 6.99. The molecule has 0 atom stereocenters. The maximum Gasteiger partial charge on any atom is 0.329 e. The van der Waals surface area contributed by atoms with E-state index in [1.807, 2.05) is 0 Å². The third kappa shape index (κ3) is 2.99. The van der Waals surface area contributed by atoms with Gasteiger partial charge in [-0.25, -0.2) is 4.79 Å². The van der Waals surface area contributed by atoms with E-state index in [0.29, 0.717) is 25.0 Å². The van der Waals surface area contributed by atoms with E-state index >= 15 is 0 Å². The summed E-state index contributed by atoms with van der Waals surface area (Å²) in [5, 5.41) is 12.0. The maximum absolute atomic E-state index is 12.2. The lowest BCUT2D eigenvalue weighted by molar-refractivity contribution is -0.144. The van der Waals surface area contributed by atoms with Crippen LogP contribution in [-0.2, 0) is 16.1 Å². The molecular formula is C15H19NO4. The van der Waals surface area contributed by atoms with Crippen LogP contribution in [0, 0.1) is 0 Å². The molecule has 1 aliphatic rings. The van der Waals surface area contributed by atoms with Crippen LogP contribution in [0.4, 0.5) is 0 Å². The average molecular weight is 277 g/mol. The van der Waals surface area contributed by atoms with Crippen molar-refractivity contribution in [3.05, 3.63) is 35.4 Å². The van der Waals surface area contributed by atoms with E-state index in [9.17, 15) is 14.7 Å². The maximum atomic E-state index is 12.2. The number of hydrogen-bond acceptors (Lipinski definition) is 3. The zero-order chi connectivity index (χ0) is 14.6. The van der Waals surface area contributed by atoms with Gasteiger partial charge in [-0.05, 0) is 30.5 Å². The summed E-state index contributed by atoms with van der Waals surface area (Å²) in [6.07, 6.45) is 2.66. The Morgan fingerprint density at radius 3 is 2.35 bits per heavy atom. The van der Waals surface area contributed by atoms with Crippen molar-refractivity contribution in [3.63, 3.8) is 0 Å². The van der Waals surface area contributed by atoms with Crippen LogP contribution in [0.15, 0.2) is 24.3 Å². The van der Waals surface area contributed by atoms with E-state index in [0.717, 1.165) is 18.4 Å². The molecule has 0 unspecified atom stereocenters. The Kier molecular flexibility index (Phi) is 4.39. The van der Waals surface area contributed by atoms with Gasteiger partial charge in [-0.15, -0.1) is 0 Å². The van der Waals surface area contributed by atoms with Crippen LogP contribution in [0.5, 0.6) is 0 Å². The third-order valence-corrected chi connectivity index (χ3v) is 3.75. The number of hydrogen-bond donors (Lipinski definition) is 2. The number of aliphatic carboxylic acids is 1. The van der Waals surface area contributed by atoms with Crippen molar-refractivity contribution in [1.82, 2.24) is 5.32 Å². The second kappa shape index (κ2) is 6.05. The fourth-order valence-electron chi connectivity index (χ4n) is 2.58. The predicted molar refractivity (Wildman–Crippen MR) is 73.5 cm³/mol. The summed E-state index contributed by atoms with van der Waals surface area (Å²) in [5.74, 6) is -1.28. The first-order valence-corrected chi connectivity index (χ1v) is 6.71. The normalized spacial score (nSPS) is 16.9. The Morgan fingerprint density at radius 2 is 1.85 bits per heavy atom. The first kappa shape index (κ1) is 14.5. The zero-order valence-corrected chi connectivity index (χ0v) is 11.5. The Hall–Kier alpha value is -1.88. The molecule has 1 fully saturated rings. The topological polar surface area (TPSA) is 75.6 Å². The Balaban J connectivity index is 2.09. The van der Waals surface area contributed by atoms with E-state index in [1.165, 1.54) is 0 Å². The molecule has 0 saturated heterocycles. The van der Waals surface area contributed by atoms with E-state index in [-0.39, 0.29) is 5.91 Å². The van der Waals surface area contributed by atoms with Gasteiger partial charge in [-0.2, -0.15) is 0 Å². The molecule has 1 aromatic rings. The van der Waals surface area contributed by atoms with Crippen LogP contribution in [0.25, 0.3) is 0 Å². The Bertz CT molecular complexity index is 489. The van der Waals surface area contributed by atoms with Crippen LogP contribution < -0.4 is 5.32 Å². The Morgan fingerprint density at radius 1 is 1.25 bits per heavy atom. The number of benzene rings is 1. The minimum Gasteiger partial charge on any atom is -0.480 e. The van der Waals surface area contributed by atoms with Crippen molar-refractivity contribution in [2.45, 2.75) is 37.8 Å². The van der Waals surface area contributed by atoms with Crippen LogP contribution in [0.1, 0.15) is 41.6 Å². The lowest BCUT2D eigenvalue weighted by Gasteiger charge is -2.25. The number of amides is 1. The van der Waals surface area contributed by atoms with Gasteiger partial charge in [0, 0.05) is 12.7 Å². The highest BCUT2D eigenvalue weighted by molar-refractivity contribution is 5.98. The molecule has 5 nitrogen and oxygen atoms in total. The second-order valence-corrected chi connectivity index (χ2v) is 5.18. The summed E-state index contributed by atoms with van der Waals surface area (Å²) >= 11 is 0. The van der Waals surface area contributed by atoms with Crippen molar-refractivity contribution in [2.75, 3.05) is 7.11 Å². The molecule has 1 amide bonds. The van der Waals surface area contributed by atoms with Gasteiger partial charge < -0.3 is 15.2 Å². The van der Waals surface area contributed by atoms with Crippen molar-refractivity contribution in [2.24, 2.45) is 0 Å². The van der Waals surface area contributed by atoms with Crippen LogP contribution in [0.3, 0.4) is 0 Å².